The summed E-state index contributed by atoms with van der Waals surface area (Å²) in [5.41, 5.74) is 6.85. The van der Waals surface area contributed by atoms with Crippen LogP contribution in [0.15, 0.2) is 42.5 Å². The number of aryl methyl sites for hydroxylation is 1. The number of nitrogen functional groups attached to an aromatic ring is 1. The molecule has 106 valence electrons. The van der Waals surface area contributed by atoms with Gasteiger partial charge in [0.15, 0.2) is 0 Å². The summed E-state index contributed by atoms with van der Waals surface area (Å²) in [5, 5.41) is 0.748. The van der Waals surface area contributed by atoms with Crippen molar-refractivity contribution in [3.63, 3.8) is 0 Å². The summed E-state index contributed by atoms with van der Waals surface area (Å²) >= 11 is 0. The number of nitrogens with zero attached hydrogens (tertiary/aromatic N) is 1. The van der Waals surface area contributed by atoms with Gasteiger partial charge in [0.25, 0.3) is 5.91 Å². The van der Waals surface area contributed by atoms with Gasteiger partial charge in [0.05, 0.1) is 5.52 Å². The van der Waals surface area contributed by atoms with Gasteiger partial charge >= 0.3 is 0 Å². The highest BCUT2D eigenvalue weighted by atomic mass is 19.1. The smallest absolute Gasteiger partial charge is 0.268 e. The summed E-state index contributed by atoms with van der Waals surface area (Å²) in [4.78, 5) is 12.5. The van der Waals surface area contributed by atoms with Gasteiger partial charge < -0.3 is 5.73 Å². The minimum absolute atomic E-state index is 0.559. The molecule has 3 aromatic rings. The number of benzene rings is 2. The molecule has 0 spiro atoms. The van der Waals surface area contributed by atoms with Crippen molar-refractivity contribution in [1.29, 1.82) is 0 Å². The van der Waals surface area contributed by atoms with Crippen LogP contribution >= 0.6 is 0 Å². The summed E-state index contributed by atoms with van der Waals surface area (Å²) < 4.78 is 28.9. The zero-order chi connectivity index (χ0) is 15.1. The van der Waals surface area contributed by atoms with Crippen molar-refractivity contribution in [1.82, 2.24) is 4.57 Å². The number of hydrogen-bond acceptors (Lipinski definition) is 2. The van der Waals surface area contributed by atoms with E-state index in [4.69, 9.17) is 5.73 Å². The lowest BCUT2D eigenvalue weighted by Gasteiger charge is -2.09. The average molecular weight is 286 g/mol. The number of nitrogens with two attached hydrogens (primary N) is 1. The first-order valence-corrected chi connectivity index (χ1v) is 6.35. The van der Waals surface area contributed by atoms with E-state index >= 15 is 0 Å². The average Bonchev–Trinajstić information content (AvgIpc) is 2.73. The molecule has 2 N–H and O–H groups in total. The summed E-state index contributed by atoms with van der Waals surface area (Å²) in [7, 11) is 0. The predicted molar refractivity (Wildman–Crippen MR) is 77.2 cm³/mol. The fourth-order valence-electron chi connectivity index (χ4n) is 2.46. The lowest BCUT2D eigenvalue weighted by Crippen LogP contribution is -2.16. The van der Waals surface area contributed by atoms with Crippen LogP contribution in [0.4, 0.5) is 14.5 Å². The highest BCUT2D eigenvalue weighted by Gasteiger charge is 2.21. The molecule has 0 aliphatic carbocycles. The topological polar surface area (TPSA) is 48.0 Å². The van der Waals surface area contributed by atoms with Crippen LogP contribution in [0.3, 0.4) is 0 Å². The molecular formula is C16H12F2N2O. The van der Waals surface area contributed by atoms with E-state index in [0.717, 1.165) is 17.5 Å². The zero-order valence-corrected chi connectivity index (χ0v) is 11.2. The molecule has 3 nitrogen and oxygen atoms in total. The molecule has 5 heteroatoms. The Morgan fingerprint density at radius 1 is 1.10 bits per heavy atom. The zero-order valence-electron chi connectivity index (χ0n) is 11.2. The van der Waals surface area contributed by atoms with Gasteiger partial charge in [-0.1, -0.05) is 6.07 Å². The molecule has 1 heterocycles. The first-order chi connectivity index (χ1) is 9.99. The van der Waals surface area contributed by atoms with Crippen molar-refractivity contribution < 1.29 is 13.6 Å². The lowest BCUT2D eigenvalue weighted by atomic mass is 10.1. The second-order valence-electron chi connectivity index (χ2n) is 4.84. The van der Waals surface area contributed by atoms with E-state index in [1.54, 1.807) is 31.2 Å². The SMILES string of the molecule is Cc1cc2cc(N)ccc2n1C(=O)c1c(F)cccc1F. The minimum atomic E-state index is -0.878. The molecule has 0 unspecified atom stereocenters. The van der Waals surface area contributed by atoms with Gasteiger partial charge in [-0.15, -0.1) is 0 Å². The van der Waals surface area contributed by atoms with Crippen molar-refractivity contribution in [2.45, 2.75) is 6.92 Å². The van der Waals surface area contributed by atoms with Gasteiger partial charge in [-0.2, -0.15) is 0 Å². The van der Waals surface area contributed by atoms with Gasteiger partial charge in [0.1, 0.15) is 17.2 Å². The van der Waals surface area contributed by atoms with E-state index in [0.29, 0.717) is 16.9 Å². The molecule has 0 saturated heterocycles. The second-order valence-corrected chi connectivity index (χ2v) is 4.84. The van der Waals surface area contributed by atoms with Crippen LogP contribution in [-0.4, -0.2) is 10.5 Å². The van der Waals surface area contributed by atoms with E-state index in [1.165, 1.54) is 10.6 Å². The second kappa shape index (κ2) is 4.70. The van der Waals surface area contributed by atoms with Crippen molar-refractivity contribution >= 4 is 22.5 Å². The van der Waals surface area contributed by atoms with Gasteiger partial charge in [-0.3, -0.25) is 9.36 Å². The van der Waals surface area contributed by atoms with E-state index < -0.39 is 23.1 Å². The van der Waals surface area contributed by atoms with Gasteiger partial charge in [0, 0.05) is 16.8 Å². The van der Waals surface area contributed by atoms with Crippen LogP contribution < -0.4 is 5.73 Å². The summed E-state index contributed by atoms with van der Waals surface area (Å²) in [6, 6.07) is 10.1. The molecule has 1 aromatic heterocycles. The summed E-state index contributed by atoms with van der Waals surface area (Å²) in [6.45, 7) is 1.70. The predicted octanol–water partition coefficient (Wildman–Crippen LogP) is 3.50. The fourth-order valence-corrected chi connectivity index (χ4v) is 2.46. The highest BCUT2D eigenvalue weighted by Crippen LogP contribution is 2.24. The molecule has 21 heavy (non-hydrogen) atoms. The molecule has 0 saturated carbocycles. The van der Waals surface area contributed by atoms with Crippen LogP contribution in [0.2, 0.25) is 0 Å². The first kappa shape index (κ1) is 13.3. The molecule has 0 radical (unpaired) electrons. The Balaban J connectivity index is 2.25. The van der Waals surface area contributed by atoms with Crippen LogP contribution in [0.25, 0.3) is 10.9 Å². The number of halogens is 2. The lowest BCUT2D eigenvalue weighted by molar-refractivity contribution is 0.0955. The third-order valence-corrected chi connectivity index (χ3v) is 3.39. The Hall–Kier alpha value is -2.69. The summed E-state index contributed by atoms with van der Waals surface area (Å²) in [5.74, 6) is -2.49. The maximum absolute atomic E-state index is 13.8. The van der Waals surface area contributed by atoms with Crippen LogP contribution in [-0.2, 0) is 0 Å². The van der Waals surface area contributed by atoms with Crippen LogP contribution in [0.1, 0.15) is 16.1 Å². The normalized spacial score (nSPS) is 11.0. The molecule has 0 aliphatic rings. The van der Waals surface area contributed by atoms with Gasteiger partial charge in [0.2, 0.25) is 0 Å². The van der Waals surface area contributed by atoms with Crippen LogP contribution in [0, 0.1) is 18.6 Å². The Bertz CT molecular complexity index is 848. The maximum atomic E-state index is 13.8. The standard InChI is InChI=1S/C16H12F2N2O/c1-9-7-10-8-11(19)5-6-14(10)20(9)16(21)15-12(17)3-2-4-13(15)18/h2-8H,19H2,1H3. The highest BCUT2D eigenvalue weighted by molar-refractivity contribution is 6.03. The van der Waals surface area contributed by atoms with E-state index in [-0.39, 0.29) is 0 Å². The van der Waals surface area contributed by atoms with Gasteiger partial charge in [-0.25, -0.2) is 8.78 Å². The van der Waals surface area contributed by atoms with Crippen LogP contribution in [0.5, 0.6) is 0 Å². The molecular weight excluding hydrogens is 274 g/mol. The minimum Gasteiger partial charge on any atom is -0.399 e. The van der Waals surface area contributed by atoms with Crippen molar-refractivity contribution in [2.24, 2.45) is 0 Å². The monoisotopic (exact) mass is 286 g/mol. The number of anilines is 1. The number of fused-ring (bicyclic) bond motifs is 1. The Morgan fingerprint density at radius 2 is 1.76 bits per heavy atom. The molecule has 0 atom stereocenters. The maximum Gasteiger partial charge on any atom is 0.268 e. The quantitative estimate of drug-likeness (QED) is 0.696. The molecule has 2 aromatic carbocycles. The number of rotatable bonds is 1. The largest absolute Gasteiger partial charge is 0.399 e. The first-order valence-electron chi connectivity index (χ1n) is 6.35. The Kier molecular flexibility index (Phi) is 2.97. The summed E-state index contributed by atoms with van der Waals surface area (Å²) in [6.07, 6.45) is 0. The molecule has 0 amide bonds. The number of hydrogen-bond donors (Lipinski definition) is 1. The number of aromatic nitrogens is 1. The van der Waals surface area contributed by atoms with E-state index in [2.05, 4.69) is 0 Å². The molecule has 3 rings (SSSR count). The molecule has 0 aliphatic heterocycles. The van der Waals surface area contributed by atoms with E-state index in [9.17, 15) is 13.6 Å². The fraction of sp³-hybridized carbons (Fsp3) is 0.0625. The van der Waals surface area contributed by atoms with Crippen molar-refractivity contribution in [2.75, 3.05) is 5.73 Å². The van der Waals surface area contributed by atoms with Crippen molar-refractivity contribution in [3.05, 3.63) is 65.4 Å². The third-order valence-electron chi connectivity index (χ3n) is 3.39. The Morgan fingerprint density at radius 3 is 2.43 bits per heavy atom. The third kappa shape index (κ3) is 2.07. The molecule has 0 fully saturated rings. The number of carbonyl (C=O) groups is 1. The Labute approximate surface area is 119 Å². The van der Waals surface area contributed by atoms with E-state index in [1.807, 2.05) is 0 Å². The molecule has 0 bridgehead atoms. The van der Waals surface area contributed by atoms with Crippen molar-refractivity contribution in [3.8, 4) is 0 Å². The number of carbonyl (C=O) groups excluding carboxylic acids is 1. The van der Waals surface area contributed by atoms with Gasteiger partial charge in [-0.05, 0) is 43.3 Å².